The number of hydrogen-bond acceptors (Lipinski definition) is 3. The molecule has 2 amide bonds. The predicted octanol–water partition coefficient (Wildman–Crippen LogP) is 1.71. The van der Waals surface area contributed by atoms with Gasteiger partial charge in [0.05, 0.1) is 11.8 Å². The van der Waals surface area contributed by atoms with Crippen molar-refractivity contribution in [2.75, 3.05) is 0 Å². The van der Waals surface area contributed by atoms with Crippen molar-refractivity contribution in [1.82, 2.24) is 10.6 Å². The first-order valence-electron chi connectivity index (χ1n) is 6.31. The number of amides is 2. The first-order chi connectivity index (χ1) is 9.66. The number of rotatable bonds is 5. The van der Waals surface area contributed by atoms with Crippen LogP contribution >= 0.6 is 0 Å². The summed E-state index contributed by atoms with van der Waals surface area (Å²) in [5, 5.41) is 5.38. The predicted molar refractivity (Wildman–Crippen MR) is 73.9 cm³/mol. The molecule has 1 unspecified atom stereocenters. The highest BCUT2D eigenvalue weighted by molar-refractivity contribution is 5.97. The first-order valence-corrected chi connectivity index (χ1v) is 6.31. The highest BCUT2D eigenvalue weighted by Crippen LogP contribution is 2.01. The van der Waals surface area contributed by atoms with Crippen LogP contribution in [0.5, 0.6) is 0 Å². The molecular weight excluding hydrogens is 256 g/mol. The molecule has 2 rings (SSSR count). The van der Waals surface area contributed by atoms with Crippen LogP contribution in [0.25, 0.3) is 0 Å². The Kier molecular flexibility index (Phi) is 4.55. The summed E-state index contributed by atoms with van der Waals surface area (Å²) < 4.78 is 4.82. The zero-order chi connectivity index (χ0) is 14.4. The second-order valence-electron chi connectivity index (χ2n) is 4.41. The van der Waals surface area contributed by atoms with E-state index in [-0.39, 0.29) is 11.8 Å². The van der Waals surface area contributed by atoms with Gasteiger partial charge in [0.2, 0.25) is 5.91 Å². The van der Waals surface area contributed by atoms with Crippen molar-refractivity contribution in [2.45, 2.75) is 19.5 Å². The Labute approximate surface area is 117 Å². The van der Waals surface area contributed by atoms with Gasteiger partial charge in [-0.3, -0.25) is 9.59 Å². The van der Waals surface area contributed by atoms with Crippen LogP contribution in [0.4, 0.5) is 0 Å². The average molecular weight is 272 g/mol. The first kappa shape index (κ1) is 13.9. The number of furan rings is 1. The molecule has 2 N–H and O–H groups in total. The minimum absolute atomic E-state index is 0.231. The molecule has 1 heterocycles. The summed E-state index contributed by atoms with van der Waals surface area (Å²) >= 11 is 0. The van der Waals surface area contributed by atoms with E-state index in [2.05, 4.69) is 10.6 Å². The third-order valence-corrected chi connectivity index (χ3v) is 2.83. The molecule has 0 saturated heterocycles. The van der Waals surface area contributed by atoms with Gasteiger partial charge in [-0.1, -0.05) is 30.3 Å². The van der Waals surface area contributed by atoms with Gasteiger partial charge < -0.3 is 15.1 Å². The smallest absolute Gasteiger partial charge is 0.255 e. The lowest BCUT2D eigenvalue weighted by Crippen LogP contribution is -2.44. The van der Waals surface area contributed by atoms with Crippen LogP contribution in [0.15, 0.2) is 53.3 Å². The van der Waals surface area contributed by atoms with Crippen molar-refractivity contribution in [1.29, 1.82) is 0 Å². The molecule has 104 valence electrons. The number of nitrogens with one attached hydrogen (secondary N) is 2. The molecule has 1 aromatic carbocycles. The SMILES string of the molecule is CC(NC(=O)c1ccoc1)C(=O)NCc1ccccc1. The number of carbonyl (C=O) groups excluding carboxylic acids is 2. The van der Waals surface area contributed by atoms with Crippen molar-refractivity contribution < 1.29 is 14.0 Å². The molecule has 0 bridgehead atoms. The molecule has 0 aliphatic carbocycles. The fourth-order valence-electron chi connectivity index (χ4n) is 1.68. The van der Waals surface area contributed by atoms with Gasteiger partial charge in [0.15, 0.2) is 0 Å². The highest BCUT2D eigenvalue weighted by Gasteiger charge is 2.16. The molecule has 5 nitrogen and oxygen atoms in total. The van der Waals surface area contributed by atoms with Gasteiger partial charge in [-0.2, -0.15) is 0 Å². The van der Waals surface area contributed by atoms with E-state index in [1.54, 1.807) is 13.0 Å². The molecule has 1 atom stereocenters. The normalized spacial score (nSPS) is 11.7. The Morgan fingerprint density at radius 1 is 1.20 bits per heavy atom. The van der Waals surface area contributed by atoms with Crippen molar-refractivity contribution >= 4 is 11.8 Å². The molecule has 0 saturated carbocycles. The minimum Gasteiger partial charge on any atom is -0.472 e. The molecule has 2 aromatic rings. The van der Waals surface area contributed by atoms with Crippen LogP contribution in [0.3, 0.4) is 0 Å². The summed E-state index contributed by atoms with van der Waals surface area (Å²) in [7, 11) is 0. The second-order valence-corrected chi connectivity index (χ2v) is 4.41. The molecule has 0 aliphatic rings. The van der Waals surface area contributed by atoms with Gasteiger partial charge in [-0.05, 0) is 18.6 Å². The fraction of sp³-hybridized carbons (Fsp3) is 0.200. The zero-order valence-corrected chi connectivity index (χ0v) is 11.1. The van der Waals surface area contributed by atoms with E-state index in [4.69, 9.17) is 4.42 Å². The zero-order valence-electron chi connectivity index (χ0n) is 11.1. The summed E-state index contributed by atoms with van der Waals surface area (Å²) in [4.78, 5) is 23.6. The Morgan fingerprint density at radius 3 is 2.60 bits per heavy atom. The number of benzene rings is 1. The average Bonchev–Trinajstić information content (AvgIpc) is 3.00. The van der Waals surface area contributed by atoms with Crippen molar-refractivity contribution in [3.63, 3.8) is 0 Å². The van der Waals surface area contributed by atoms with Crippen molar-refractivity contribution in [3.8, 4) is 0 Å². The minimum atomic E-state index is -0.610. The lowest BCUT2D eigenvalue weighted by Gasteiger charge is -2.13. The second kappa shape index (κ2) is 6.56. The Morgan fingerprint density at radius 2 is 1.95 bits per heavy atom. The maximum absolute atomic E-state index is 11.9. The fourth-order valence-corrected chi connectivity index (χ4v) is 1.68. The maximum Gasteiger partial charge on any atom is 0.255 e. The van der Waals surface area contributed by atoms with Gasteiger partial charge in [0.25, 0.3) is 5.91 Å². The molecule has 0 fully saturated rings. The van der Waals surface area contributed by atoms with Crippen LogP contribution in [-0.4, -0.2) is 17.9 Å². The quantitative estimate of drug-likeness (QED) is 0.870. The Balaban J connectivity index is 1.82. The number of carbonyl (C=O) groups is 2. The lowest BCUT2D eigenvalue weighted by atomic mass is 10.2. The largest absolute Gasteiger partial charge is 0.472 e. The van der Waals surface area contributed by atoms with Crippen LogP contribution in [0.2, 0.25) is 0 Å². The molecule has 0 aliphatic heterocycles. The van der Waals surface area contributed by atoms with E-state index in [0.717, 1.165) is 5.56 Å². The van der Waals surface area contributed by atoms with Crippen LogP contribution in [0, 0.1) is 0 Å². The van der Waals surface area contributed by atoms with Crippen molar-refractivity contribution in [3.05, 3.63) is 60.1 Å². The van der Waals surface area contributed by atoms with Gasteiger partial charge in [0.1, 0.15) is 12.3 Å². The van der Waals surface area contributed by atoms with Crippen LogP contribution in [-0.2, 0) is 11.3 Å². The Hall–Kier alpha value is -2.56. The summed E-state index contributed by atoms with van der Waals surface area (Å²) in [6, 6.07) is 10.5. The highest BCUT2D eigenvalue weighted by atomic mass is 16.3. The monoisotopic (exact) mass is 272 g/mol. The summed E-state index contributed by atoms with van der Waals surface area (Å²) in [5.74, 6) is -0.563. The van der Waals surface area contributed by atoms with E-state index in [1.165, 1.54) is 12.5 Å². The van der Waals surface area contributed by atoms with Gasteiger partial charge in [-0.15, -0.1) is 0 Å². The molecule has 5 heteroatoms. The van der Waals surface area contributed by atoms with E-state index >= 15 is 0 Å². The molecule has 0 radical (unpaired) electrons. The van der Waals surface area contributed by atoms with E-state index in [9.17, 15) is 9.59 Å². The van der Waals surface area contributed by atoms with Gasteiger partial charge in [0, 0.05) is 6.54 Å². The van der Waals surface area contributed by atoms with Gasteiger partial charge >= 0.3 is 0 Å². The number of hydrogen-bond donors (Lipinski definition) is 2. The topological polar surface area (TPSA) is 71.3 Å². The van der Waals surface area contributed by atoms with Gasteiger partial charge in [-0.25, -0.2) is 0 Å². The standard InChI is InChI=1S/C15H16N2O3/c1-11(17-15(19)13-7-8-20-10-13)14(18)16-9-12-5-3-2-4-6-12/h2-8,10-11H,9H2,1H3,(H,16,18)(H,17,19). The van der Waals surface area contributed by atoms with Crippen LogP contribution < -0.4 is 10.6 Å². The molecule has 20 heavy (non-hydrogen) atoms. The van der Waals surface area contributed by atoms with Crippen molar-refractivity contribution in [2.24, 2.45) is 0 Å². The lowest BCUT2D eigenvalue weighted by molar-refractivity contribution is -0.122. The Bertz CT molecular complexity index is 564. The third kappa shape index (κ3) is 3.71. The molecule has 1 aromatic heterocycles. The third-order valence-electron chi connectivity index (χ3n) is 2.83. The summed E-state index contributed by atoms with van der Waals surface area (Å²) in [5.41, 5.74) is 1.40. The van der Waals surface area contributed by atoms with E-state index in [1.807, 2.05) is 30.3 Å². The summed E-state index contributed by atoms with van der Waals surface area (Å²) in [6.07, 6.45) is 2.75. The molecule has 0 spiro atoms. The summed E-state index contributed by atoms with van der Waals surface area (Å²) in [6.45, 7) is 2.07. The molecular formula is C15H16N2O3. The van der Waals surface area contributed by atoms with E-state index in [0.29, 0.717) is 12.1 Å². The van der Waals surface area contributed by atoms with Crippen LogP contribution in [0.1, 0.15) is 22.8 Å². The van der Waals surface area contributed by atoms with E-state index < -0.39 is 6.04 Å². The maximum atomic E-state index is 11.9.